The van der Waals surface area contributed by atoms with Crippen molar-refractivity contribution in [1.29, 1.82) is 0 Å². The van der Waals surface area contributed by atoms with Crippen molar-refractivity contribution in [2.75, 3.05) is 6.54 Å². The Morgan fingerprint density at radius 1 is 1.45 bits per heavy atom. The van der Waals surface area contributed by atoms with Gasteiger partial charge in [0.1, 0.15) is 5.82 Å². The molecule has 1 aliphatic heterocycles. The summed E-state index contributed by atoms with van der Waals surface area (Å²) >= 11 is 0. The lowest BCUT2D eigenvalue weighted by Crippen LogP contribution is -2.50. The van der Waals surface area contributed by atoms with Crippen LogP contribution in [0.2, 0.25) is 0 Å². The highest BCUT2D eigenvalue weighted by Gasteiger charge is 2.35. The summed E-state index contributed by atoms with van der Waals surface area (Å²) in [4.78, 5) is 14.1. The number of amides is 1. The van der Waals surface area contributed by atoms with E-state index in [2.05, 4.69) is 13.8 Å². The largest absolute Gasteiger partial charge is 0.334 e. The number of carbonyl (C=O) groups is 1. The van der Waals surface area contributed by atoms with E-state index in [0.29, 0.717) is 30.9 Å². The number of hydrogen-bond acceptors (Lipinski definition) is 2. The van der Waals surface area contributed by atoms with Crippen LogP contribution < -0.4 is 5.73 Å². The predicted octanol–water partition coefficient (Wildman–Crippen LogP) is 2.78. The van der Waals surface area contributed by atoms with Crippen LogP contribution in [0.15, 0.2) is 18.2 Å². The minimum Gasteiger partial charge on any atom is -0.334 e. The van der Waals surface area contributed by atoms with Gasteiger partial charge in [-0.15, -0.1) is 0 Å². The van der Waals surface area contributed by atoms with Crippen LogP contribution in [-0.4, -0.2) is 23.4 Å². The van der Waals surface area contributed by atoms with Crippen LogP contribution in [0.25, 0.3) is 0 Å². The molecule has 1 heterocycles. The molecular weight excluding hydrogens is 255 g/mol. The van der Waals surface area contributed by atoms with Gasteiger partial charge in [-0.3, -0.25) is 4.79 Å². The average Bonchev–Trinajstić information content (AvgIpc) is 2.37. The summed E-state index contributed by atoms with van der Waals surface area (Å²) < 4.78 is 13.4. The summed E-state index contributed by atoms with van der Waals surface area (Å²) in [5.41, 5.74) is 7.77. The smallest absolute Gasteiger partial charge is 0.223 e. The molecule has 2 N–H and O–H groups in total. The van der Waals surface area contributed by atoms with E-state index in [-0.39, 0.29) is 23.8 Å². The van der Waals surface area contributed by atoms with Crippen molar-refractivity contribution in [3.63, 3.8) is 0 Å². The van der Waals surface area contributed by atoms with Gasteiger partial charge in [-0.1, -0.05) is 26.0 Å². The van der Waals surface area contributed by atoms with Crippen LogP contribution >= 0.6 is 0 Å². The van der Waals surface area contributed by atoms with Gasteiger partial charge in [-0.05, 0) is 36.5 Å². The van der Waals surface area contributed by atoms with E-state index in [1.807, 2.05) is 11.0 Å². The highest BCUT2D eigenvalue weighted by atomic mass is 19.1. The monoisotopic (exact) mass is 278 g/mol. The van der Waals surface area contributed by atoms with E-state index in [1.165, 1.54) is 6.07 Å². The normalized spacial score (nSPS) is 23.5. The summed E-state index contributed by atoms with van der Waals surface area (Å²) in [5, 5.41) is 0. The zero-order valence-corrected chi connectivity index (χ0v) is 12.4. The number of aryl methyl sites for hydroxylation is 1. The topological polar surface area (TPSA) is 46.3 Å². The number of piperidine rings is 1. The van der Waals surface area contributed by atoms with Crippen LogP contribution in [0.1, 0.15) is 43.9 Å². The first-order valence-corrected chi connectivity index (χ1v) is 7.21. The van der Waals surface area contributed by atoms with Gasteiger partial charge in [0.25, 0.3) is 0 Å². The Morgan fingerprint density at radius 2 is 2.15 bits per heavy atom. The third kappa shape index (κ3) is 3.01. The summed E-state index contributed by atoms with van der Waals surface area (Å²) in [5.74, 6) is 0.306. The van der Waals surface area contributed by atoms with E-state index in [9.17, 15) is 9.18 Å². The number of hydrogen-bond donors (Lipinski definition) is 1. The molecule has 2 rings (SSSR count). The van der Waals surface area contributed by atoms with Gasteiger partial charge in [0.15, 0.2) is 0 Å². The summed E-state index contributed by atoms with van der Waals surface area (Å²) in [6.07, 6.45) is 1.19. The molecule has 1 aromatic carbocycles. The van der Waals surface area contributed by atoms with Gasteiger partial charge in [0.05, 0.1) is 6.04 Å². The molecule has 2 atom stereocenters. The lowest BCUT2D eigenvalue weighted by molar-refractivity contribution is -0.138. The summed E-state index contributed by atoms with van der Waals surface area (Å²) in [6, 6.07) is 4.79. The Labute approximate surface area is 120 Å². The molecule has 1 fully saturated rings. The molecule has 20 heavy (non-hydrogen) atoms. The molecule has 1 aromatic rings. The highest BCUT2D eigenvalue weighted by molar-refractivity contribution is 5.78. The molecule has 0 radical (unpaired) electrons. The minimum absolute atomic E-state index is 0.0867. The number of nitrogens with zero attached hydrogens (tertiary/aromatic N) is 1. The molecule has 4 heteroatoms. The van der Waals surface area contributed by atoms with Crippen molar-refractivity contribution >= 4 is 5.91 Å². The Hall–Kier alpha value is -1.42. The van der Waals surface area contributed by atoms with Crippen LogP contribution in [-0.2, 0) is 4.79 Å². The number of benzene rings is 1. The van der Waals surface area contributed by atoms with Gasteiger partial charge >= 0.3 is 0 Å². The SMILES string of the molecule is Cc1cc(C2C(N)CCC(=O)N2CC(C)C)ccc1F. The van der Waals surface area contributed by atoms with Crippen LogP contribution in [0.4, 0.5) is 4.39 Å². The van der Waals surface area contributed by atoms with E-state index >= 15 is 0 Å². The number of halogens is 1. The van der Waals surface area contributed by atoms with Gasteiger partial charge in [-0.25, -0.2) is 4.39 Å². The summed E-state index contributed by atoms with van der Waals surface area (Å²) in [6.45, 7) is 6.59. The standard InChI is InChI=1S/C16H23FN2O/c1-10(2)9-19-15(20)7-6-14(18)16(19)12-4-5-13(17)11(3)8-12/h4-5,8,10,14,16H,6-7,9,18H2,1-3H3. The van der Waals surface area contributed by atoms with Crippen molar-refractivity contribution in [3.8, 4) is 0 Å². The fraction of sp³-hybridized carbons (Fsp3) is 0.562. The fourth-order valence-corrected chi connectivity index (χ4v) is 2.87. The van der Waals surface area contributed by atoms with Gasteiger partial charge in [-0.2, -0.15) is 0 Å². The van der Waals surface area contributed by atoms with Crippen molar-refractivity contribution in [3.05, 3.63) is 35.1 Å². The van der Waals surface area contributed by atoms with Crippen molar-refractivity contribution in [2.24, 2.45) is 11.7 Å². The van der Waals surface area contributed by atoms with E-state index in [0.717, 1.165) is 5.56 Å². The first kappa shape index (κ1) is 15.0. The Bertz CT molecular complexity index is 501. The predicted molar refractivity (Wildman–Crippen MR) is 77.6 cm³/mol. The molecule has 2 unspecified atom stereocenters. The lowest BCUT2D eigenvalue weighted by Gasteiger charge is -2.41. The van der Waals surface area contributed by atoms with Crippen LogP contribution in [0, 0.1) is 18.7 Å². The number of likely N-dealkylation sites (tertiary alicyclic amines) is 1. The first-order chi connectivity index (χ1) is 9.40. The second kappa shape index (κ2) is 5.92. The second-order valence-corrected chi connectivity index (χ2v) is 6.10. The molecule has 3 nitrogen and oxygen atoms in total. The molecule has 110 valence electrons. The maximum absolute atomic E-state index is 13.4. The molecule has 1 aliphatic rings. The van der Waals surface area contributed by atoms with Crippen molar-refractivity contribution in [1.82, 2.24) is 4.90 Å². The molecule has 0 spiro atoms. The maximum atomic E-state index is 13.4. The highest BCUT2D eigenvalue weighted by Crippen LogP contribution is 2.32. The average molecular weight is 278 g/mol. The van der Waals surface area contributed by atoms with Crippen LogP contribution in [0.3, 0.4) is 0 Å². The van der Waals surface area contributed by atoms with E-state index in [1.54, 1.807) is 13.0 Å². The molecular formula is C16H23FN2O. The minimum atomic E-state index is -0.222. The van der Waals surface area contributed by atoms with Crippen LogP contribution in [0.5, 0.6) is 0 Å². The molecule has 1 amide bonds. The third-order valence-corrected chi connectivity index (χ3v) is 3.84. The van der Waals surface area contributed by atoms with E-state index < -0.39 is 0 Å². The number of rotatable bonds is 3. The number of carbonyl (C=O) groups excluding carboxylic acids is 1. The van der Waals surface area contributed by atoms with Crippen molar-refractivity contribution in [2.45, 2.75) is 45.7 Å². The van der Waals surface area contributed by atoms with Gasteiger partial charge < -0.3 is 10.6 Å². The molecule has 0 aromatic heterocycles. The lowest BCUT2D eigenvalue weighted by atomic mass is 9.89. The molecule has 0 bridgehead atoms. The fourth-order valence-electron chi connectivity index (χ4n) is 2.87. The molecule has 1 saturated heterocycles. The number of nitrogens with two attached hydrogens (primary N) is 1. The van der Waals surface area contributed by atoms with Crippen molar-refractivity contribution < 1.29 is 9.18 Å². The molecule has 0 aliphatic carbocycles. The molecule has 0 saturated carbocycles. The van der Waals surface area contributed by atoms with Gasteiger partial charge in [0.2, 0.25) is 5.91 Å². The zero-order chi connectivity index (χ0) is 14.9. The Morgan fingerprint density at radius 3 is 2.75 bits per heavy atom. The van der Waals surface area contributed by atoms with E-state index in [4.69, 9.17) is 5.73 Å². The third-order valence-electron chi connectivity index (χ3n) is 3.84. The zero-order valence-electron chi connectivity index (χ0n) is 12.4. The maximum Gasteiger partial charge on any atom is 0.223 e. The Kier molecular flexibility index (Phi) is 4.43. The summed E-state index contributed by atoms with van der Waals surface area (Å²) in [7, 11) is 0. The first-order valence-electron chi connectivity index (χ1n) is 7.21. The second-order valence-electron chi connectivity index (χ2n) is 6.10. The Balaban J connectivity index is 2.36. The quantitative estimate of drug-likeness (QED) is 0.924. The van der Waals surface area contributed by atoms with Gasteiger partial charge in [0, 0.05) is 19.0 Å².